The maximum Gasteiger partial charge on any atom is 0.320 e. The summed E-state index contributed by atoms with van der Waals surface area (Å²) in [4.78, 5) is 73.2. The lowest BCUT2D eigenvalue weighted by Gasteiger charge is -2.34. The molecule has 0 radical (unpaired) electrons. The highest BCUT2D eigenvalue weighted by molar-refractivity contribution is 6.33. The first kappa shape index (κ1) is 52.0. The molecule has 23 nitrogen and oxygen atoms in total. The third-order valence-corrected chi connectivity index (χ3v) is 13.6. The number of rotatable bonds is 17. The molecule has 2 amide bonds. The van der Waals surface area contributed by atoms with Crippen LogP contribution < -0.4 is 35.2 Å². The molecule has 5 aromatic heterocycles. The van der Waals surface area contributed by atoms with Crippen molar-refractivity contribution in [3.63, 3.8) is 0 Å². The second-order valence-corrected chi connectivity index (χ2v) is 18.7. The molecule has 0 atom stereocenters. The fourth-order valence-electron chi connectivity index (χ4n) is 9.07. The lowest BCUT2D eigenvalue weighted by atomic mass is 10.2. The van der Waals surface area contributed by atoms with E-state index in [1.165, 1.54) is 24.8 Å². The van der Waals surface area contributed by atoms with Crippen LogP contribution in [0.15, 0.2) is 134 Å². The average molecular weight is 1100 g/mol. The molecule has 80 heavy (non-hydrogen) atoms. The van der Waals surface area contributed by atoms with Gasteiger partial charge in [0, 0.05) is 88.9 Å². The van der Waals surface area contributed by atoms with Crippen molar-refractivity contribution >= 4 is 103 Å². The molecule has 0 spiro atoms. The number of nitrogens with zero attached hydrogens (tertiary/aromatic N) is 15. The van der Waals surface area contributed by atoms with E-state index in [2.05, 4.69) is 62.5 Å². The molecule has 9 aromatic rings. The third kappa shape index (κ3) is 11.3. The predicted molar refractivity (Wildman–Crippen MR) is 297 cm³/mol. The van der Waals surface area contributed by atoms with Crippen LogP contribution in [-0.2, 0) is 9.59 Å². The number of imidazole rings is 1. The number of piperazine rings is 2. The largest absolute Gasteiger partial charge is 0.457 e. The molecule has 404 valence electrons. The minimum Gasteiger partial charge on any atom is -0.457 e. The first-order valence-electron chi connectivity index (χ1n) is 25.1. The van der Waals surface area contributed by atoms with E-state index in [0.717, 1.165) is 22.1 Å². The lowest BCUT2D eigenvalue weighted by Crippen LogP contribution is -2.48. The van der Waals surface area contributed by atoms with Crippen molar-refractivity contribution in [2.45, 2.75) is 13.5 Å². The van der Waals surface area contributed by atoms with Gasteiger partial charge in [0.25, 0.3) is 0 Å². The Balaban J connectivity index is 0.656. The number of fused-ring (bicyclic) bond motifs is 3. The molecule has 2 fully saturated rings. The van der Waals surface area contributed by atoms with E-state index in [9.17, 15) is 18.4 Å². The minimum atomic E-state index is -2.69. The van der Waals surface area contributed by atoms with Crippen LogP contribution in [0, 0.1) is 12.5 Å². The number of ether oxygens (including phenoxy) is 2. The van der Waals surface area contributed by atoms with Crippen molar-refractivity contribution in [3.8, 4) is 23.0 Å². The molecule has 0 saturated carbocycles. The van der Waals surface area contributed by atoms with E-state index < -0.39 is 6.55 Å². The van der Waals surface area contributed by atoms with Gasteiger partial charge in [0.15, 0.2) is 11.6 Å². The van der Waals surface area contributed by atoms with E-state index in [1.807, 2.05) is 28.9 Å². The number of hydrogen-bond donors (Lipinski definition) is 4. The molecule has 0 bridgehead atoms. The topological polar surface area (TPSA) is 259 Å². The summed E-state index contributed by atoms with van der Waals surface area (Å²) in [6, 6.07) is 20.6. The minimum absolute atomic E-state index is 0.107. The lowest BCUT2D eigenvalue weighted by molar-refractivity contribution is -0.127. The Morgan fingerprint density at radius 3 is 1.95 bits per heavy atom. The standard InChI is InChI=1S/C54H48ClF2N19O4/c1-3-46(77)72-15-19-74(20-16-72)54-61-28-43-49(70-54)51(65-30-63-43)68-38-10-7-34(24-37(38)55)79-35-8-11-39(40(25-35)71-58)59-14-4-5-47(78)73-17-21-75(22-18-73)53-60-27-42-48(69-53)50(64-29-62-42)67-33-6-13-45(32(2)23-33)80-36-9-12-44-41(26-36)66-31-76(44)52(56)57/h3-13,23-31,52,58-59H,1,14-22H2,2H3,(H,62,64,67)(H,63,65,68)/b5-4+,71-58?. The molecule has 7 heterocycles. The molecule has 2 saturated heterocycles. The zero-order valence-corrected chi connectivity index (χ0v) is 43.4. The normalized spacial score (nSPS) is 13.8. The monoisotopic (exact) mass is 1100 g/mol. The van der Waals surface area contributed by atoms with Gasteiger partial charge >= 0.3 is 6.55 Å². The van der Waals surface area contributed by atoms with E-state index in [1.54, 1.807) is 88.9 Å². The Morgan fingerprint density at radius 2 is 1.32 bits per heavy atom. The van der Waals surface area contributed by atoms with Crippen LogP contribution in [0.5, 0.6) is 23.0 Å². The zero-order chi connectivity index (χ0) is 55.3. The molecule has 0 aliphatic carbocycles. The first-order valence-corrected chi connectivity index (χ1v) is 25.5. The van der Waals surface area contributed by atoms with Crippen LogP contribution in [0.1, 0.15) is 12.1 Å². The summed E-state index contributed by atoms with van der Waals surface area (Å²) in [6.07, 6.45) is 11.8. The van der Waals surface area contributed by atoms with Gasteiger partial charge in [-0.2, -0.15) is 13.9 Å². The fourth-order valence-corrected chi connectivity index (χ4v) is 9.29. The number of carbonyl (C=O) groups excluding carboxylic acids is 2. The summed E-state index contributed by atoms with van der Waals surface area (Å²) in [5.41, 5.74) is 13.6. The molecule has 0 unspecified atom stereocenters. The van der Waals surface area contributed by atoms with E-state index in [0.29, 0.717) is 161 Å². The van der Waals surface area contributed by atoms with Crippen molar-refractivity contribution in [1.82, 2.24) is 59.2 Å². The molecule has 11 rings (SSSR count). The van der Waals surface area contributed by atoms with Gasteiger partial charge in [-0.15, -0.1) is 0 Å². The van der Waals surface area contributed by atoms with E-state index in [4.69, 9.17) is 36.6 Å². The van der Waals surface area contributed by atoms with Gasteiger partial charge in [0.05, 0.1) is 39.8 Å². The summed E-state index contributed by atoms with van der Waals surface area (Å²) in [7, 11) is 0. The Bertz CT molecular complexity index is 3870. The number of halogens is 3. The Labute approximate surface area is 459 Å². The van der Waals surface area contributed by atoms with Crippen LogP contribution >= 0.6 is 11.6 Å². The zero-order valence-electron chi connectivity index (χ0n) is 42.7. The fraction of sp³-hybridized carbons (Fsp3) is 0.204. The second kappa shape index (κ2) is 22.9. The molecule has 26 heteroatoms. The number of nitrogens with one attached hydrogen (secondary N) is 4. The van der Waals surface area contributed by atoms with Crippen LogP contribution in [0.25, 0.3) is 33.1 Å². The van der Waals surface area contributed by atoms with Gasteiger partial charge in [0.1, 0.15) is 69.7 Å². The second-order valence-electron chi connectivity index (χ2n) is 18.3. The van der Waals surface area contributed by atoms with Crippen LogP contribution in [-0.4, -0.2) is 130 Å². The maximum atomic E-state index is 13.3. The number of carbonyl (C=O) groups is 2. The maximum absolute atomic E-state index is 13.3. The number of aromatic nitrogens is 10. The van der Waals surface area contributed by atoms with Crippen molar-refractivity contribution in [2.75, 3.05) is 84.7 Å². The summed E-state index contributed by atoms with van der Waals surface area (Å²) in [6.45, 7) is 7.12. The van der Waals surface area contributed by atoms with E-state index >= 15 is 0 Å². The van der Waals surface area contributed by atoms with Gasteiger partial charge in [-0.05, 0) is 73.2 Å². The molecule has 4 N–H and O–H groups in total. The summed E-state index contributed by atoms with van der Waals surface area (Å²) in [5.74, 6) is 3.53. The van der Waals surface area contributed by atoms with Crippen molar-refractivity contribution in [3.05, 3.63) is 140 Å². The van der Waals surface area contributed by atoms with Gasteiger partial charge in [-0.3, -0.25) is 14.2 Å². The highest BCUT2D eigenvalue weighted by Gasteiger charge is 2.24. The Hall–Kier alpha value is -10.0. The number of hydrogen-bond acceptors (Lipinski definition) is 20. The average Bonchev–Trinajstić information content (AvgIpc) is 3.96. The van der Waals surface area contributed by atoms with Crippen LogP contribution in [0.4, 0.5) is 55.1 Å². The van der Waals surface area contributed by atoms with Gasteiger partial charge < -0.3 is 45.0 Å². The van der Waals surface area contributed by atoms with Crippen molar-refractivity contribution < 1.29 is 27.8 Å². The molecule has 2 aliphatic rings. The number of aryl methyl sites for hydroxylation is 1. The van der Waals surface area contributed by atoms with Crippen molar-refractivity contribution in [1.29, 1.82) is 5.53 Å². The SMILES string of the molecule is C=CC(=O)N1CCN(c2ncc3ncnc(Nc4ccc(Oc5ccc(NC/C=C/C(=O)N6CCN(c7ncc8ncnc(Nc9ccc(Oc%10ccc%11c(c%10)ncn%11C(F)F)c(C)c9)c8n7)CC6)c(N=N)c5)cc4Cl)c3n2)CC1. The molecule has 4 aromatic carbocycles. The summed E-state index contributed by atoms with van der Waals surface area (Å²) >= 11 is 6.75. The molecule has 2 aliphatic heterocycles. The Kier molecular flexibility index (Phi) is 14.9. The molecular formula is C54H48ClF2N19O4. The van der Waals surface area contributed by atoms with E-state index in [-0.39, 0.29) is 11.8 Å². The smallest absolute Gasteiger partial charge is 0.320 e. The van der Waals surface area contributed by atoms with Gasteiger partial charge in [-0.1, -0.05) is 24.3 Å². The van der Waals surface area contributed by atoms with Crippen LogP contribution in [0.3, 0.4) is 0 Å². The molecular weight excluding hydrogens is 1050 g/mol. The van der Waals surface area contributed by atoms with Gasteiger partial charge in [0.2, 0.25) is 23.7 Å². The van der Waals surface area contributed by atoms with Crippen LogP contribution in [0.2, 0.25) is 5.02 Å². The van der Waals surface area contributed by atoms with Crippen molar-refractivity contribution in [2.24, 2.45) is 5.11 Å². The van der Waals surface area contributed by atoms with Gasteiger partial charge in [-0.25, -0.2) is 50.4 Å². The Morgan fingerprint density at radius 1 is 0.713 bits per heavy atom. The first-order chi connectivity index (χ1) is 39.0. The number of benzene rings is 4. The predicted octanol–water partition coefficient (Wildman–Crippen LogP) is 9.75. The number of amides is 2. The third-order valence-electron chi connectivity index (χ3n) is 13.3. The summed E-state index contributed by atoms with van der Waals surface area (Å²) in [5, 5.41) is 13.9. The number of anilines is 7. The number of alkyl halides is 2. The highest BCUT2D eigenvalue weighted by Crippen LogP contribution is 2.37. The summed E-state index contributed by atoms with van der Waals surface area (Å²) < 4.78 is 39.6. The quantitative estimate of drug-likeness (QED) is 0.0488. The highest BCUT2D eigenvalue weighted by atomic mass is 35.5.